The van der Waals surface area contributed by atoms with Crippen LogP contribution in [0.25, 0.3) is 22.2 Å². The van der Waals surface area contributed by atoms with Crippen molar-refractivity contribution in [1.82, 2.24) is 24.0 Å². The molecular formula is C18H10FN5O. The second-order valence-electron chi connectivity index (χ2n) is 5.66. The van der Waals surface area contributed by atoms with E-state index in [0.717, 1.165) is 10.9 Å². The fourth-order valence-electron chi connectivity index (χ4n) is 3.07. The van der Waals surface area contributed by atoms with Gasteiger partial charge >= 0.3 is 0 Å². The quantitative estimate of drug-likeness (QED) is 0.467. The normalized spacial score (nSPS) is 11.6. The highest BCUT2D eigenvalue weighted by Crippen LogP contribution is 2.23. The Kier molecular flexibility index (Phi) is 2.73. The number of para-hydroxylation sites is 1. The van der Waals surface area contributed by atoms with Gasteiger partial charge in [0.1, 0.15) is 17.8 Å². The summed E-state index contributed by atoms with van der Waals surface area (Å²) in [5.41, 5.74) is 2.54. The first-order valence-electron chi connectivity index (χ1n) is 7.62. The molecule has 0 aliphatic rings. The Morgan fingerprint density at radius 3 is 2.64 bits per heavy atom. The minimum Gasteiger partial charge on any atom is -0.285 e. The molecule has 0 fully saturated rings. The Balaban J connectivity index is 1.86. The van der Waals surface area contributed by atoms with Gasteiger partial charge in [0.25, 0.3) is 0 Å². The molecule has 120 valence electrons. The molecule has 3 heterocycles. The van der Waals surface area contributed by atoms with Gasteiger partial charge < -0.3 is 0 Å². The summed E-state index contributed by atoms with van der Waals surface area (Å²) in [6, 6.07) is 13.1. The van der Waals surface area contributed by atoms with Crippen LogP contribution in [0.5, 0.6) is 0 Å². The summed E-state index contributed by atoms with van der Waals surface area (Å²) in [4.78, 5) is 17.1. The molecular weight excluding hydrogens is 321 g/mol. The van der Waals surface area contributed by atoms with E-state index in [-0.39, 0.29) is 11.6 Å². The van der Waals surface area contributed by atoms with Crippen molar-refractivity contribution >= 4 is 28.0 Å². The summed E-state index contributed by atoms with van der Waals surface area (Å²) in [7, 11) is 0. The van der Waals surface area contributed by atoms with E-state index >= 15 is 0 Å². The van der Waals surface area contributed by atoms with Crippen LogP contribution in [0.3, 0.4) is 0 Å². The van der Waals surface area contributed by atoms with Crippen molar-refractivity contribution in [3.05, 3.63) is 78.3 Å². The Bertz CT molecular complexity index is 1270. The molecule has 0 saturated heterocycles. The van der Waals surface area contributed by atoms with E-state index in [1.807, 2.05) is 28.7 Å². The van der Waals surface area contributed by atoms with Gasteiger partial charge in [-0.25, -0.2) is 9.37 Å². The molecule has 3 aromatic heterocycles. The standard InChI is InChI=1S/C18H10FN5O/c19-12-7-5-11(6-8-12)16(25)18-22-21-17-13-3-1-2-4-14(13)23-10-20-9-15(23)24(17)18/h1-10H. The monoisotopic (exact) mass is 331 g/mol. The first-order valence-corrected chi connectivity index (χ1v) is 7.62. The number of carbonyl (C=O) groups excluding carboxylic acids is 1. The van der Waals surface area contributed by atoms with Gasteiger partial charge in [0.2, 0.25) is 11.6 Å². The van der Waals surface area contributed by atoms with Crippen molar-refractivity contribution < 1.29 is 9.18 Å². The van der Waals surface area contributed by atoms with E-state index in [1.54, 1.807) is 16.9 Å². The second-order valence-corrected chi connectivity index (χ2v) is 5.66. The molecule has 0 unspecified atom stereocenters. The van der Waals surface area contributed by atoms with Gasteiger partial charge in [-0.1, -0.05) is 12.1 Å². The molecule has 5 rings (SSSR count). The number of halogens is 1. The molecule has 0 aliphatic carbocycles. The van der Waals surface area contributed by atoms with Crippen LogP contribution in [0.15, 0.2) is 61.1 Å². The van der Waals surface area contributed by atoms with E-state index < -0.39 is 5.82 Å². The average molecular weight is 331 g/mol. The number of imidazole rings is 1. The van der Waals surface area contributed by atoms with Crippen LogP contribution in [-0.2, 0) is 0 Å². The van der Waals surface area contributed by atoms with Crippen LogP contribution >= 0.6 is 0 Å². The average Bonchev–Trinajstić information content (AvgIpc) is 3.29. The van der Waals surface area contributed by atoms with Crippen LogP contribution in [0, 0.1) is 5.82 Å². The van der Waals surface area contributed by atoms with E-state index in [9.17, 15) is 9.18 Å². The summed E-state index contributed by atoms with van der Waals surface area (Å²) in [6.45, 7) is 0. The number of carbonyl (C=O) groups is 1. The highest BCUT2D eigenvalue weighted by molar-refractivity contribution is 6.08. The molecule has 2 aromatic carbocycles. The van der Waals surface area contributed by atoms with Crippen LogP contribution < -0.4 is 0 Å². The molecule has 0 amide bonds. The zero-order valence-electron chi connectivity index (χ0n) is 12.8. The minimum absolute atomic E-state index is 0.165. The number of benzene rings is 2. The van der Waals surface area contributed by atoms with E-state index in [1.165, 1.54) is 24.3 Å². The summed E-state index contributed by atoms with van der Waals surface area (Å²) < 4.78 is 16.7. The van der Waals surface area contributed by atoms with Crippen molar-refractivity contribution in [3.63, 3.8) is 0 Å². The molecule has 25 heavy (non-hydrogen) atoms. The Morgan fingerprint density at radius 2 is 1.80 bits per heavy atom. The summed E-state index contributed by atoms with van der Waals surface area (Å²) in [5.74, 6) is -0.560. The molecule has 0 aliphatic heterocycles. The first-order chi connectivity index (χ1) is 12.2. The Morgan fingerprint density at radius 1 is 1.00 bits per heavy atom. The van der Waals surface area contributed by atoms with E-state index in [0.29, 0.717) is 16.9 Å². The predicted octanol–water partition coefficient (Wildman–Crippen LogP) is 2.90. The number of nitrogens with zero attached hydrogens (tertiary/aromatic N) is 5. The minimum atomic E-state index is -0.396. The highest BCUT2D eigenvalue weighted by Gasteiger charge is 2.20. The van der Waals surface area contributed by atoms with E-state index in [2.05, 4.69) is 15.2 Å². The zero-order chi connectivity index (χ0) is 17.0. The lowest BCUT2D eigenvalue weighted by Gasteiger charge is -2.07. The lowest BCUT2D eigenvalue weighted by atomic mass is 10.1. The number of hydrogen-bond acceptors (Lipinski definition) is 4. The third kappa shape index (κ3) is 1.89. The van der Waals surface area contributed by atoms with Crippen molar-refractivity contribution in [1.29, 1.82) is 0 Å². The van der Waals surface area contributed by atoms with Crippen LogP contribution in [0.1, 0.15) is 16.2 Å². The predicted molar refractivity (Wildman–Crippen MR) is 89.1 cm³/mol. The molecule has 0 spiro atoms. The van der Waals surface area contributed by atoms with Gasteiger partial charge in [0.05, 0.1) is 11.7 Å². The highest BCUT2D eigenvalue weighted by atomic mass is 19.1. The van der Waals surface area contributed by atoms with Crippen LogP contribution in [0.4, 0.5) is 4.39 Å². The van der Waals surface area contributed by atoms with Gasteiger partial charge in [-0.2, -0.15) is 0 Å². The van der Waals surface area contributed by atoms with Crippen molar-refractivity contribution in [3.8, 4) is 0 Å². The largest absolute Gasteiger partial charge is 0.285 e. The number of aromatic nitrogens is 5. The van der Waals surface area contributed by atoms with Gasteiger partial charge in [0.15, 0.2) is 5.65 Å². The maximum atomic E-state index is 13.1. The van der Waals surface area contributed by atoms with Crippen molar-refractivity contribution in [2.45, 2.75) is 0 Å². The Labute approximate surface area is 140 Å². The van der Waals surface area contributed by atoms with Gasteiger partial charge in [0, 0.05) is 10.9 Å². The van der Waals surface area contributed by atoms with E-state index in [4.69, 9.17) is 0 Å². The van der Waals surface area contributed by atoms with Crippen molar-refractivity contribution in [2.75, 3.05) is 0 Å². The third-order valence-electron chi connectivity index (χ3n) is 4.23. The topological polar surface area (TPSA) is 64.6 Å². The molecule has 5 aromatic rings. The second kappa shape index (κ2) is 4.94. The molecule has 6 nitrogen and oxygen atoms in total. The molecule has 0 saturated carbocycles. The van der Waals surface area contributed by atoms with Gasteiger partial charge in [-0.05, 0) is 36.4 Å². The maximum Gasteiger partial charge on any atom is 0.230 e. The smallest absolute Gasteiger partial charge is 0.230 e. The molecule has 0 bridgehead atoms. The maximum absolute atomic E-state index is 13.1. The molecule has 7 heteroatoms. The SMILES string of the molecule is O=C(c1ccc(F)cc1)c1nnc2c3ccccc3n3cncc3n12. The summed E-state index contributed by atoms with van der Waals surface area (Å²) in [6.07, 6.45) is 3.34. The van der Waals surface area contributed by atoms with Gasteiger partial charge in [-0.15, -0.1) is 10.2 Å². The van der Waals surface area contributed by atoms with Gasteiger partial charge in [-0.3, -0.25) is 13.6 Å². The zero-order valence-corrected chi connectivity index (χ0v) is 12.8. The lowest BCUT2D eigenvalue weighted by Crippen LogP contribution is -2.09. The fraction of sp³-hybridized carbons (Fsp3) is 0. The molecule has 0 atom stereocenters. The number of rotatable bonds is 2. The van der Waals surface area contributed by atoms with Crippen molar-refractivity contribution in [2.24, 2.45) is 0 Å². The van der Waals surface area contributed by atoms with Crippen LogP contribution in [-0.4, -0.2) is 29.8 Å². The number of ketones is 1. The third-order valence-corrected chi connectivity index (χ3v) is 4.23. The molecule has 0 radical (unpaired) electrons. The number of hydrogen-bond donors (Lipinski definition) is 0. The fourth-order valence-corrected chi connectivity index (χ4v) is 3.07. The summed E-state index contributed by atoms with van der Waals surface area (Å²) >= 11 is 0. The lowest BCUT2D eigenvalue weighted by molar-refractivity contribution is 0.102. The Hall–Kier alpha value is -3.61. The summed E-state index contributed by atoms with van der Waals surface area (Å²) in [5, 5.41) is 9.18. The molecule has 0 N–H and O–H groups in total. The number of fused-ring (bicyclic) bond motifs is 6. The first kappa shape index (κ1) is 13.8. The van der Waals surface area contributed by atoms with Crippen LogP contribution in [0.2, 0.25) is 0 Å².